The molecular formula is C21H22F3NO4. The third-order valence-corrected chi connectivity index (χ3v) is 5.06. The SMILES string of the molecule is COc1ccc(CNC(=O)C2(c3cccc(F)c3)CCOCC2)cc1OC(F)F. The van der Waals surface area contributed by atoms with Crippen LogP contribution in [0.5, 0.6) is 11.5 Å². The Kier molecular flexibility index (Phi) is 6.64. The summed E-state index contributed by atoms with van der Waals surface area (Å²) in [6.07, 6.45) is 0.843. The Hall–Kier alpha value is -2.74. The van der Waals surface area contributed by atoms with E-state index in [2.05, 4.69) is 10.1 Å². The first-order chi connectivity index (χ1) is 13.9. The minimum Gasteiger partial charge on any atom is -0.493 e. The number of carbonyl (C=O) groups is 1. The molecule has 1 amide bonds. The predicted molar refractivity (Wildman–Crippen MR) is 99.6 cm³/mol. The third kappa shape index (κ3) is 4.82. The maximum atomic E-state index is 13.8. The molecule has 2 aromatic carbocycles. The van der Waals surface area contributed by atoms with Gasteiger partial charge in [0.1, 0.15) is 5.82 Å². The van der Waals surface area contributed by atoms with Gasteiger partial charge in [-0.05, 0) is 48.2 Å². The molecule has 1 N–H and O–H groups in total. The maximum absolute atomic E-state index is 13.8. The summed E-state index contributed by atoms with van der Waals surface area (Å²) in [5.41, 5.74) is 0.251. The van der Waals surface area contributed by atoms with Crippen LogP contribution >= 0.6 is 0 Å². The zero-order valence-corrected chi connectivity index (χ0v) is 15.9. The van der Waals surface area contributed by atoms with Gasteiger partial charge in [0, 0.05) is 19.8 Å². The molecular weight excluding hydrogens is 387 g/mol. The molecule has 3 rings (SSSR count). The second-order valence-electron chi connectivity index (χ2n) is 6.75. The van der Waals surface area contributed by atoms with Crippen molar-refractivity contribution in [2.45, 2.75) is 31.4 Å². The number of carbonyl (C=O) groups excluding carboxylic acids is 1. The molecule has 1 heterocycles. The van der Waals surface area contributed by atoms with Crippen molar-refractivity contribution in [3.8, 4) is 11.5 Å². The molecule has 29 heavy (non-hydrogen) atoms. The molecule has 0 bridgehead atoms. The number of benzene rings is 2. The van der Waals surface area contributed by atoms with Crippen LogP contribution in [0.4, 0.5) is 13.2 Å². The van der Waals surface area contributed by atoms with Crippen molar-refractivity contribution in [1.29, 1.82) is 0 Å². The molecule has 0 unspecified atom stereocenters. The largest absolute Gasteiger partial charge is 0.493 e. The number of hydrogen-bond donors (Lipinski definition) is 1. The van der Waals surface area contributed by atoms with Gasteiger partial charge < -0.3 is 19.5 Å². The summed E-state index contributed by atoms with van der Waals surface area (Å²) in [4.78, 5) is 13.1. The first-order valence-corrected chi connectivity index (χ1v) is 9.18. The van der Waals surface area contributed by atoms with Crippen LogP contribution in [0.2, 0.25) is 0 Å². The van der Waals surface area contributed by atoms with Crippen LogP contribution in [0, 0.1) is 5.82 Å². The molecule has 0 aliphatic carbocycles. The Morgan fingerprint density at radius 1 is 1.17 bits per heavy atom. The number of nitrogens with one attached hydrogen (secondary N) is 1. The van der Waals surface area contributed by atoms with Gasteiger partial charge >= 0.3 is 6.61 Å². The van der Waals surface area contributed by atoms with Crippen LogP contribution in [0.3, 0.4) is 0 Å². The number of ether oxygens (including phenoxy) is 3. The molecule has 0 spiro atoms. The molecule has 0 aromatic heterocycles. The zero-order chi connectivity index (χ0) is 20.9. The van der Waals surface area contributed by atoms with E-state index in [4.69, 9.17) is 9.47 Å². The molecule has 0 radical (unpaired) electrons. The van der Waals surface area contributed by atoms with Crippen molar-refractivity contribution in [1.82, 2.24) is 5.32 Å². The van der Waals surface area contributed by atoms with Gasteiger partial charge in [0.05, 0.1) is 12.5 Å². The lowest BCUT2D eigenvalue weighted by Gasteiger charge is -2.36. The quantitative estimate of drug-likeness (QED) is 0.756. The van der Waals surface area contributed by atoms with E-state index in [1.807, 2.05) is 0 Å². The molecule has 1 aliphatic rings. The standard InChI is InChI=1S/C21H22F3NO4/c1-27-17-6-5-14(11-18(17)29-20(23)24)13-25-19(26)21(7-9-28-10-8-21)15-3-2-4-16(22)12-15/h2-6,11-12,20H,7-10,13H2,1H3,(H,25,26). The van der Waals surface area contributed by atoms with Crippen molar-refractivity contribution >= 4 is 5.91 Å². The van der Waals surface area contributed by atoms with Gasteiger partial charge in [0.15, 0.2) is 11.5 Å². The fourth-order valence-electron chi connectivity index (χ4n) is 3.52. The number of rotatable bonds is 7. The summed E-state index contributed by atoms with van der Waals surface area (Å²) >= 11 is 0. The lowest BCUT2D eigenvalue weighted by molar-refractivity contribution is -0.130. The first-order valence-electron chi connectivity index (χ1n) is 9.18. The fourth-order valence-corrected chi connectivity index (χ4v) is 3.52. The van der Waals surface area contributed by atoms with E-state index in [0.717, 1.165) is 0 Å². The lowest BCUT2D eigenvalue weighted by atomic mass is 9.73. The minimum absolute atomic E-state index is 0.0976. The van der Waals surface area contributed by atoms with Gasteiger partial charge in [0.25, 0.3) is 0 Å². The Balaban J connectivity index is 1.79. The summed E-state index contributed by atoms with van der Waals surface area (Å²) in [6.45, 7) is -2.12. The molecule has 0 atom stereocenters. The summed E-state index contributed by atoms with van der Waals surface area (Å²) < 4.78 is 53.9. The summed E-state index contributed by atoms with van der Waals surface area (Å²) in [5, 5.41) is 2.84. The van der Waals surface area contributed by atoms with E-state index in [-0.39, 0.29) is 24.0 Å². The van der Waals surface area contributed by atoms with Crippen molar-refractivity contribution < 1.29 is 32.2 Å². The van der Waals surface area contributed by atoms with Crippen LogP contribution in [0.1, 0.15) is 24.0 Å². The number of methoxy groups -OCH3 is 1. The van der Waals surface area contributed by atoms with Gasteiger partial charge in [0.2, 0.25) is 5.91 Å². The lowest BCUT2D eigenvalue weighted by Crippen LogP contribution is -2.47. The Morgan fingerprint density at radius 2 is 1.93 bits per heavy atom. The highest BCUT2D eigenvalue weighted by Gasteiger charge is 2.41. The van der Waals surface area contributed by atoms with E-state index in [1.165, 1.54) is 31.4 Å². The number of alkyl halides is 2. The zero-order valence-electron chi connectivity index (χ0n) is 15.9. The van der Waals surface area contributed by atoms with E-state index < -0.39 is 17.8 Å². The van der Waals surface area contributed by atoms with Crippen molar-refractivity contribution in [2.75, 3.05) is 20.3 Å². The van der Waals surface area contributed by atoms with Gasteiger partial charge in [-0.25, -0.2) is 4.39 Å². The smallest absolute Gasteiger partial charge is 0.387 e. The molecule has 156 valence electrons. The summed E-state index contributed by atoms with van der Waals surface area (Å²) in [5.74, 6) is -0.621. The predicted octanol–water partition coefficient (Wildman–Crippen LogP) is 3.80. The number of hydrogen-bond acceptors (Lipinski definition) is 4. The molecule has 2 aromatic rings. The summed E-state index contributed by atoms with van der Waals surface area (Å²) in [7, 11) is 1.35. The minimum atomic E-state index is -2.99. The molecule has 1 saturated heterocycles. The van der Waals surface area contributed by atoms with E-state index in [9.17, 15) is 18.0 Å². The van der Waals surface area contributed by atoms with E-state index >= 15 is 0 Å². The Bertz CT molecular complexity index is 854. The van der Waals surface area contributed by atoms with Crippen LogP contribution in [0.15, 0.2) is 42.5 Å². The van der Waals surface area contributed by atoms with Crippen molar-refractivity contribution in [3.05, 3.63) is 59.4 Å². The highest BCUT2D eigenvalue weighted by atomic mass is 19.3. The van der Waals surface area contributed by atoms with Crippen LogP contribution in [-0.4, -0.2) is 32.8 Å². The monoisotopic (exact) mass is 409 g/mol. The van der Waals surface area contributed by atoms with Gasteiger partial charge in [-0.2, -0.15) is 8.78 Å². The molecule has 8 heteroatoms. The fraction of sp³-hybridized carbons (Fsp3) is 0.381. The van der Waals surface area contributed by atoms with E-state index in [0.29, 0.717) is 37.2 Å². The average molecular weight is 409 g/mol. The van der Waals surface area contributed by atoms with Crippen molar-refractivity contribution in [2.24, 2.45) is 0 Å². The van der Waals surface area contributed by atoms with Gasteiger partial charge in [-0.3, -0.25) is 4.79 Å². The highest BCUT2D eigenvalue weighted by Crippen LogP contribution is 2.36. The normalized spacial score (nSPS) is 15.8. The highest BCUT2D eigenvalue weighted by molar-refractivity contribution is 5.88. The second-order valence-corrected chi connectivity index (χ2v) is 6.75. The molecule has 1 aliphatic heterocycles. The second kappa shape index (κ2) is 9.17. The third-order valence-electron chi connectivity index (χ3n) is 5.06. The van der Waals surface area contributed by atoms with Crippen LogP contribution in [-0.2, 0) is 21.5 Å². The first kappa shape index (κ1) is 21.0. The average Bonchev–Trinajstić information content (AvgIpc) is 2.72. The summed E-state index contributed by atoms with van der Waals surface area (Å²) in [6, 6.07) is 10.5. The Labute approximate surface area is 166 Å². The van der Waals surface area contributed by atoms with Gasteiger partial charge in [-0.1, -0.05) is 18.2 Å². The molecule has 1 fully saturated rings. The molecule has 5 nitrogen and oxygen atoms in total. The van der Waals surface area contributed by atoms with Crippen LogP contribution in [0.25, 0.3) is 0 Å². The maximum Gasteiger partial charge on any atom is 0.387 e. The van der Waals surface area contributed by atoms with Gasteiger partial charge in [-0.15, -0.1) is 0 Å². The van der Waals surface area contributed by atoms with Crippen LogP contribution < -0.4 is 14.8 Å². The molecule has 0 saturated carbocycles. The topological polar surface area (TPSA) is 56.8 Å². The number of halogens is 3. The number of amides is 1. The van der Waals surface area contributed by atoms with E-state index in [1.54, 1.807) is 18.2 Å². The Morgan fingerprint density at radius 3 is 2.59 bits per heavy atom. The van der Waals surface area contributed by atoms with Crippen molar-refractivity contribution in [3.63, 3.8) is 0 Å².